The van der Waals surface area contributed by atoms with Gasteiger partial charge in [-0.25, -0.2) is 29.3 Å². The van der Waals surface area contributed by atoms with Gasteiger partial charge in [-0.1, -0.05) is 42.5 Å². The Bertz CT molecular complexity index is 3650. The average molecular weight is 1450 g/mol. The van der Waals surface area contributed by atoms with Crippen LogP contribution in [0.2, 0.25) is 0 Å². The van der Waals surface area contributed by atoms with Crippen LogP contribution in [0.15, 0.2) is 80.0 Å². The number of aliphatic carboxylic acids is 6. The van der Waals surface area contributed by atoms with Gasteiger partial charge < -0.3 is 88.1 Å². The zero-order valence-corrected chi connectivity index (χ0v) is 57.3. The second-order valence-electron chi connectivity index (χ2n) is 25.9. The molecule has 37 nitrogen and oxygen atoms in total. The van der Waals surface area contributed by atoms with E-state index in [-0.39, 0.29) is 148 Å². The zero-order chi connectivity index (χ0) is 75.1. The van der Waals surface area contributed by atoms with Crippen molar-refractivity contribution >= 4 is 88.1 Å². The van der Waals surface area contributed by atoms with Crippen molar-refractivity contribution in [3.05, 3.63) is 103 Å². The maximum Gasteiger partial charge on any atom is 0.326 e. The van der Waals surface area contributed by atoms with Crippen molar-refractivity contribution in [2.45, 2.75) is 120 Å². The van der Waals surface area contributed by atoms with E-state index in [0.29, 0.717) is 48.3 Å². The van der Waals surface area contributed by atoms with Crippen LogP contribution >= 0.6 is 0 Å². The lowest BCUT2D eigenvalue weighted by atomic mass is 9.81. The Kier molecular flexibility index (Phi) is 31.9. The van der Waals surface area contributed by atoms with Gasteiger partial charge in [0, 0.05) is 122 Å². The first-order valence-electron chi connectivity index (χ1n) is 34.3. The van der Waals surface area contributed by atoms with Gasteiger partial charge in [0.15, 0.2) is 0 Å². The van der Waals surface area contributed by atoms with Crippen LogP contribution in [0.4, 0.5) is 4.79 Å². The quantitative estimate of drug-likeness (QED) is 0.0189. The average Bonchev–Trinajstić information content (AvgIpc) is 1.01. The third kappa shape index (κ3) is 28.1. The van der Waals surface area contributed by atoms with Gasteiger partial charge in [0.05, 0.1) is 62.2 Å². The first-order valence-corrected chi connectivity index (χ1v) is 34.3. The van der Waals surface area contributed by atoms with E-state index in [2.05, 4.69) is 72.4 Å². The summed E-state index contributed by atoms with van der Waals surface area (Å²) in [6.07, 6.45) is 9.02. The van der Waals surface area contributed by atoms with Crippen LogP contribution in [-0.4, -0.2) is 285 Å². The number of carbonyl (C=O) groups is 13. The van der Waals surface area contributed by atoms with Gasteiger partial charge in [0.1, 0.15) is 36.3 Å². The summed E-state index contributed by atoms with van der Waals surface area (Å²) in [7, 11) is 0. The van der Waals surface area contributed by atoms with E-state index in [1.807, 2.05) is 41.3 Å². The number of fused-ring (bicyclic) bond motifs is 1. The summed E-state index contributed by atoms with van der Waals surface area (Å²) in [5, 5.41) is 80.1. The highest BCUT2D eigenvalue weighted by molar-refractivity contribution is 5.96. The molecule has 1 aliphatic heterocycles. The van der Waals surface area contributed by atoms with Crippen LogP contribution in [0.1, 0.15) is 80.4 Å². The fraction of sp³-hybridized carbons (Fsp3) is 0.522. The molecule has 1 unspecified atom stereocenters. The van der Waals surface area contributed by atoms with Crippen LogP contribution in [0.5, 0.6) is 0 Å². The molecule has 0 spiro atoms. The number of hydrogen-bond donors (Lipinski definition) is 17. The van der Waals surface area contributed by atoms with Crippen LogP contribution in [-0.2, 0) is 83.2 Å². The number of nitrogens with one attached hydrogen (secondary N) is 11. The number of aromatic nitrogens is 6. The molecular weight excluding hydrogens is 1360 g/mol. The first-order chi connectivity index (χ1) is 49.8. The van der Waals surface area contributed by atoms with E-state index >= 15 is 0 Å². The summed E-state index contributed by atoms with van der Waals surface area (Å²) in [4.78, 5) is 197. The number of carboxylic acid groups (broad SMARTS) is 6. The molecule has 4 heterocycles. The Hall–Kier alpha value is -10.9. The Labute approximate surface area is 596 Å². The Balaban J connectivity index is 0.986. The van der Waals surface area contributed by atoms with Crippen LogP contribution < -0.4 is 42.5 Å². The standard InChI is InChI=1S/C67H92N18O19/c86-55(34-82-17-19-83(35-57(89)90)21-23-85(37-59(93)94)24-22-84(20-18-82)36-58(91)92)72-30-41-8-12-44(13-9-41)60(95)76-52(27-46-31-68-38-73-46)62(97)78-54(29-48-33-70-40-75-48)64(99)79-53(28-47-32-69-39-74-47)63(98)77-51(26-42-10-11-43-5-1-2-6-45(43)25-42)61(96)71-16-4-3-7-49(65(100)101)80-67(104)81-50(66(102)103)14-15-56(87)88/h1-2,5-6,10-11,25,31-33,38-41,44,49-54H,3-4,7-9,12-24,26-30,34-37H2,(H,68,73)(H,69,74)(H,70,75)(H,71,96)(H,72,86)(H,76,95)(H,77,98)(H,78,97)(H,79,99)(H,87,88)(H,89,90)(H,91,92)(H,93,94)(H,100,101)(H,102,103)(H2,80,81,104)/t41-,44-,49-,50-,51?,52-,53-,54-/m0/s1. The van der Waals surface area contributed by atoms with Crippen molar-refractivity contribution in [2.24, 2.45) is 11.8 Å². The summed E-state index contributed by atoms with van der Waals surface area (Å²) in [5.74, 6) is -12.0. The summed E-state index contributed by atoms with van der Waals surface area (Å²) in [6, 6.07) is 3.23. The molecule has 564 valence electrons. The van der Waals surface area contributed by atoms with E-state index in [0.717, 1.165) is 10.8 Å². The number of rotatable bonds is 39. The highest BCUT2D eigenvalue weighted by Crippen LogP contribution is 2.29. The van der Waals surface area contributed by atoms with E-state index in [1.54, 1.807) is 27.0 Å². The normalized spacial score (nSPS) is 17.5. The van der Waals surface area contributed by atoms with E-state index in [4.69, 9.17) is 5.11 Å². The number of carbonyl (C=O) groups excluding carboxylic acids is 7. The number of unbranched alkanes of at least 4 members (excludes halogenated alkanes) is 1. The predicted molar refractivity (Wildman–Crippen MR) is 368 cm³/mol. The molecule has 1 saturated heterocycles. The van der Waals surface area contributed by atoms with Crippen molar-refractivity contribution in [1.29, 1.82) is 0 Å². The maximum atomic E-state index is 14.8. The SMILES string of the molecule is O=C(O)CC[C@H](NC(=O)N[C@@H](CCCCNC(=O)C(Cc1ccc2ccccc2c1)NC(=O)[C@H](Cc1c[nH]cn1)NC(=O)[C@H](Cc1c[nH]cn1)NC(=O)[C@H](Cc1c[nH]cn1)NC(=O)[C@H]1CC[C@H](CNC(=O)CN2CCN(CC(=O)O)CCN(CC(=O)O)CCN(CC(=O)O)CC2)CC1)C(=O)O)C(=O)O. The molecule has 0 bridgehead atoms. The molecule has 1 aliphatic carbocycles. The monoisotopic (exact) mass is 1450 g/mol. The highest BCUT2D eigenvalue weighted by atomic mass is 16.4. The number of nitrogens with zero attached hydrogens (tertiary/aromatic N) is 7. The van der Waals surface area contributed by atoms with E-state index in [1.165, 1.54) is 31.4 Å². The third-order valence-corrected chi connectivity index (χ3v) is 17.9. The van der Waals surface area contributed by atoms with Crippen molar-refractivity contribution in [1.82, 2.24) is 92.0 Å². The largest absolute Gasteiger partial charge is 0.481 e. The molecule has 104 heavy (non-hydrogen) atoms. The van der Waals surface area contributed by atoms with Gasteiger partial charge in [-0.05, 0) is 73.6 Å². The van der Waals surface area contributed by atoms with Crippen LogP contribution in [0, 0.1) is 11.8 Å². The molecule has 7 rings (SSSR count). The Morgan fingerprint density at radius 2 is 0.875 bits per heavy atom. The van der Waals surface area contributed by atoms with Crippen molar-refractivity contribution in [3.63, 3.8) is 0 Å². The molecule has 2 aromatic carbocycles. The van der Waals surface area contributed by atoms with Gasteiger partial charge >= 0.3 is 41.8 Å². The topological polar surface area (TPSA) is 539 Å². The van der Waals surface area contributed by atoms with Crippen molar-refractivity contribution in [2.75, 3.05) is 91.6 Å². The van der Waals surface area contributed by atoms with Crippen LogP contribution in [0.25, 0.3) is 10.8 Å². The molecular formula is C67H92N18O19. The molecule has 8 amide bonds. The molecule has 17 N–H and O–H groups in total. The summed E-state index contributed by atoms with van der Waals surface area (Å²) in [5.41, 5.74) is 1.71. The molecule has 2 aliphatic rings. The maximum absolute atomic E-state index is 14.8. The summed E-state index contributed by atoms with van der Waals surface area (Å²) < 4.78 is 0. The van der Waals surface area contributed by atoms with E-state index < -0.39 is 126 Å². The number of carboxylic acids is 6. The minimum absolute atomic E-state index is 0.0280. The Morgan fingerprint density at radius 1 is 0.442 bits per heavy atom. The third-order valence-electron chi connectivity index (χ3n) is 17.9. The lowest BCUT2D eigenvalue weighted by molar-refractivity contribution is -0.141. The minimum Gasteiger partial charge on any atom is -0.481 e. The van der Waals surface area contributed by atoms with E-state index in [9.17, 15) is 87.9 Å². The number of urea groups is 1. The number of imidazole rings is 3. The minimum atomic E-state index is -1.61. The number of benzene rings is 2. The molecule has 1 saturated carbocycles. The highest BCUT2D eigenvalue weighted by Gasteiger charge is 2.36. The molecule has 0 radical (unpaired) electrons. The summed E-state index contributed by atoms with van der Waals surface area (Å²) >= 11 is 0. The van der Waals surface area contributed by atoms with Crippen molar-refractivity contribution < 1.29 is 93.0 Å². The fourth-order valence-electron chi connectivity index (χ4n) is 12.3. The van der Waals surface area contributed by atoms with Crippen LogP contribution in [0.3, 0.4) is 0 Å². The van der Waals surface area contributed by atoms with Gasteiger partial charge in [0.25, 0.3) is 0 Å². The lowest BCUT2D eigenvalue weighted by Gasteiger charge is -2.33. The zero-order valence-electron chi connectivity index (χ0n) is 57.3. The van der Waals surface area contributed by atoms with Crippen molar-refractivity contribution in [3.8, 4) is 0 Å². The first kappa shape index (κ1) is 80.4. The Morgan fingerprint density at radius 3 is 1.31 bits per heavy atom. The molecule has 3 aromatic heterocycles. The second kappa shape index (κ2) is 41.2. The molecule has 5 aromatic rings. The smallest absolute Gasteiger partial charge is 0.326 e. The predicted octanol–water partition coefficient (Wildman–Crippen LogP) is -2.03. The molecule has 6 atom stereocenters. The molecule has 2 fully saturated rings. The molecule has 37 heteroatoms. The lowest BCUT2D eigenvalue weighted by Crippen LogP contribution is -2.60. The van der Waals surface area contributed by atoms with Gasteiger partial charge in [-0.15, -0.1) is 0 Å². The van der Waals surface area contributed by atoms with Gasteiger partial charge in [-0.3, -0.25) is 67.5 Å². The number of aromatic amines is 3. The van der Waals surface area contributed by atoms with Gasteiger partial charge in [-0.2, -0.15) is 0 Å². The van der Waals surface area contributed by atoms with Gasteiger partial charge in [0.2, 0.25) is 35.4 Å². The second-order valence-corrected chi connectivity index (χ2v) is 25.9. The number of hydrogen-bond acceptors (Lipinski definition) is 20. The fourth-order valence-corrected chi connectivity index (χ4v) is 12.3. The number of H-pyrrole nitrogens is 3. The summed E-state index contributed by atoms with van der Waals surface area (Å²) in [6.45, 7) is 1.10. The number of amides is 8.